The summed E-state index contributed by atoms with van der Waals surface area (Å²) in [5.74, 6) is 0.191. The van der Waals surface area contributed by atoms with Gasteiger partial charge in [-0.05, 0) is 18.6 Å². The van der Waals surface area contributed by atoms with E-state index >= 15 is 0 Å². The number of nitriles is 1. The van der Waals surface area contributed by atoms with E-state index in [1.165, 1.54) is 0 Å². The van der Waals surface area contributed by atoms with Crippen LogP contribution in [0.2, 0.25) is 0 Å². The lowest BCUT2D eigenvalue weighted by Crippen LogP contribution is -2.41. The van der Waals surface area contributed by atoms with Crippen LogP contribution in [0.1, 0.15) is 32.9 Å². The normalized spacial score (nSPS) is 16.3. The van der Waals surface area contributed by atoms with E-state index < -0.39 is 0 Å². The molecule has 0 saturated carbocycles. The fourth-order valence-electron chi connectivity index (χ4n) is 2.57. The molecule has 0 N–H and O–H groups in total. The lowest BCUT2D eigenvalue weighted by molar-refractivity contribution is -0.139. The van der Waals surface area contributed by atoms with Gasteiger partial charge in [-0.3, -0.25) is 4.79 Å². The maximum atomic E-state index is 12.4. The highest BCUT2D eigenvalue weighted by molar-refractivity contribution is 5.81. The summed E-state index contributed by atoms with van der Waals surface area (Å²) in [7, 11) is 0. The Kier molecular flexibility index (Phi) is 4.46. The average molecular weight is 286 g/mol. The third-order valence-corrected chi connectivity index (χ3v) is 3.66. The standard InChI is InChI=1S/C16H22N4O/c1-16(2,3)15(21)20-9-5-8-19(10-11-20)14-6-4-7-18-13(14)12-17/h4,6-7H,5,8-11H2,1-3H3. The molecule has 0 aliphatic carbocycles. The van der Waals surface area contributed by atoms with Gasteiger partial charge in [0.05, 0.1) is 5.69 Å². The van der Waals surface area contributed by atoms with Crippen molar-refractivity contribution >= 4 is 11.6 Å². The molecule has 1 aromatic heterocycles. The van der Waals surface area contributed by atoms with E-state index in [0.717, 1.165) is 31.7 Å². The van der Waals surface area contributed by atoms with E-state index in [2.05, 4.69) is 16.0 Å². The second-order valence-electron chi connectivity index (χ2n) is 6.37. The third-order valence-electron chi connectivity index (χ3n) is 3.66. The van der Waals surface area contributed by atoms with Gasteiger partial charge in [-0.15, -0.1) is 0 Å². The molecule has 112 valence electrons. The minimum Gasteiger partial charge on any atom is -0.367 e. The second kappa shape index (κ2) is 6.13. The van der Waals surface area contributed by atoms with Crippen molar-refractivity contribution in [2.45, 2.75) is 27.2 Å². The number of nitrogens with zero attached hydrogens (tertiary/aromatic N) is 4. The van der Waals surface area contributed by atoms with Crippen LogP contribution in [0.3, 0.4) is 0 Å². The number of amides is 1. The molecular formula is C16H22N4O. The van der Waals surface area contributed by atoms with Crippen LogP contribution in [0.4, 0.5) is 5.69 Å². The first-order valence-corrected chi connectivity index (χ1v) is 7.33. The highest BCUT2D eigenvalue weighted by atomic mass is 16.2. The Morgan fingerprint density at radius 1 is 1.29 bits per heavy atom. The fraction of sp³-hybridized carbons (Fsp3) is 0.562. The van der Waals surface area contributed by atoms with Crippen molar-refractivity contribution in [2.24, 2.45) is 5.41 Å². The molecule has 0 unspecified atom stereocenters. The molecular weight excluding hydrogens is 264 g/mol. The Labute approximate surface area is 126 Å². The summed E-state index contributed by atoms with van der Waals surface area (Å²) in [5, 5.41) is 9.16. The van der Waals surface area contributed by atoms with Gasteiger partial charge in [0.15, 0.2) is 5.69 Å². The number of aromatic nitrogens is 1. The van der Waals surface area contributed by atoms with Crippen molar-refractivity contribution in [3.8, 4) is 6.07 Å². The minimum atomic E-state index is -0.346. The van der Waals surface area contributed by atoms with Crippen LogP contribution in [-0.2, 0) is 4.79 Å². The first kappa shape index (κ1) is 15.3. The highest BCUT2D eigenvalue weighted by Gasteiger charge is 2.28. The molecule has 1 aromatic rings. The first-order chi connectivity index (χ1) is 9.93. The maximum Gasteiger partial charge on any atom is 0.228 e. The van der Waals surface area contributed by atoms with Gasteiger partial charge < -0.3 is 9.80 Å². The predicted molar refractivity (Wildman–Crippen MR) is 81.8 cm³/mol. The van der Waals surface area contributed by atoms with E-state index in [-0.39, 0.29) is 11.3 Å². The molecule has 1 fully saturated rings. The molecule has 0 atom stereocenters. The first-order valence-electron chi connectivity index (χ1n) is 7.33. The molecule has 1 aliphatic rings. The van der Waals surface area contributed by atoms with Crippen LogP contribution in [0.25, 0.3) is 0 Å². The molecule has 1 amide bonds. The highest BCUT2D eigenvalue weighted by Crippen LogP contribution is 2.22. The Balaban J connectivity index is 2.11. The largest absolute Gasteiger partial charge is 0.367 e. The summed E-state index contributed by atoms with van der Waals surface area (Å²) in [6.45, 7) is 8.90. The van der Waals surface area contributed by atoms with E-state index in [4.69, 9.17) is 5.26 Å². The number of pyridine rings is 1. The Bertz CT molecular complexity index is 556. The summed E-state index contributed by atoms with van der Waals surface area (Å²) < 4.78 is 0. The number of anilines is 1. The van der Waals surface area contributed by atoms with Crippen LogP contribution in [0.5, 0.6) is 0 Å². The molecule has 1 saturated heterocycles. The zero-order valence-electron chi connectivity index (χ0n) is 13.0. The second-order valence-corrected chi connectivity index (χ2v) is 6.37. The minimum absolute atomic E-state index is 0.191. The molecule has 0 spiro atoms. The Hall–Kier alpha value is -2.09. The van der Waals surface area contributed by atoms with Gasteiger partial charge in [0, 0.05) is 37.8 Å². The van der Waals surface area contributed by atoms with Crippen LogP contribution >= 0.6 is 0 Å². The molecule has 0 radical (unpaired) electrons. The SMILES string of the molecule is CC(C)(C)C(=O)N1CCCN(c2cccnc2C#N)CC1. The molecule has 2 rings (SSSR count). The van der Waals surface area contributed by atoms with Gasteiger partial charge in [0.25, 0.3) is 0 Å². The summed E-state index contributed by atoms with van der Waals surface area (Å²) in [4.78, 5) is 20.6. The molecule has 5 nitrogen and oxygen atoms in total. The van der Waals surface area contributed by atoms with Crippen LogP contribution in [-0.4, -0.2) is 42.0 Å². The fourth-order valence-corrected chi connectivity index (χ4v) is 2.57. The molecule has 2 heterocycles. The molecule has 0 bridgehead atoms. The lowest BCUT2D eigenvalue weighted by Gasteiger charge is -2.28. The quantitative estimate of drug-likeness (QED) is 0.792. The monoisotopic (exact) mass is 286 g/mol. The topological polar surface area (TPSA) is 60.2 Å². The van der Waals surface area contributed by atoms with Gasteiger partial charge in [0.2, 0.25) is 5.91 Å². The third kappa shape index (κ3) is 3.52. The van der Waals surface area contributed by atoms with E-state index in [1.807, 2.05) is 37.8 Å². The number of hydrogen-bond acceptors (Lipinski definition) is 4. The van der Waals surface area contributed by atoms with Crippen molar-refractivity contribution in [1.82, 2.24) is 9.88 Å². The van der Waals surface area contributed by atoms with E-state index in [0.29, 0.717) is 12.2 Å². The van der Waals surface area contributed by atoms with Gasteiger partial charge in [-0.25, -0.2) is 4.98 Å². The zero-order chi connectivity index (χ0) is 15.5. The maximum absolute atomic E-state index is 12.4. The molecule has 1 aliphatic heterocycles. The predicted octanol–water partition coefficient (Wildman–Crippen LogP) is 2.04. The van der Waals surface area contributed by atoms with Crippen molar-refractivity contribution in [1.29, 1.82) is 5.26 Å². The summed E-state index contributed by atoms with van der Waals surface area (Å²) in [6, 6.07) is 5.91. The number of carbonyl (C=O) groups excluding carboxylic acids is 1. The number of carbonyl (C=O) groups is 1. The molecule has 0 aromatic carbocycles. The average Bonchev–Trinajstić information content (AvgIpc) is 2.71. The lowest BCUT2D eigenvalue weighted by atomic mass is 9.94. The van der Waals surface area contributed by atoms with Crippen LogP contribution in [0.15, 0.2) is 18.3 Å². The smallest absolute Gasteiger partial charge is 0.228 e. The Morgan fingerprint density at radius 3 is 2.71 bits per heavy atom. The zero-order valence-corrected chi connectivity index (χ0v) is 13.0. The number of hydrogen-bond donors (Lipinski definition) is 0. The van der Waals surface area contributed by atoms with E-state index in [9.17, 15) is 4.79 Å². The summed E-state index contributed by atoms with van der Waals surface area (Å²) in [6.07, 6.45) is 2.54. The van der Waals surface area contributed by atoms with Crippen LogP contribution in [0, 0.1) is 16.7 Å². The van der Waals surface area contributed by atoms with Crippen LogP contribution < -0.4 is 4.90 Å². The summed E-state index contributed by atoms with van der Waals surface area (Å²) >= 11 is 0. The van der Waals surface area contributed by atoms with Gasteiger partial charge in [-0.2, -0.15) is 5.26 Å². The molecule has 5 heteroatoms. The van der Waals surface area contributed by atoms with Crippen molar-refractivity contribution in [2.75, 3.05) is 31.1 Å². The van der Waals surface area contributed by atoms with Crippen molar-refractivity contribution in [3.63, 3.8) is 0 Å². The Morgan fingerprint density at radius 2 is 2.05 bits per heavy atom. The van der Waals surface area contributed by atoms with Crippen molar-refractivity contribution in [3.05, 3.63) is 24.0 Å². The number of rotatable bonds is 1. The molecule has 21 heavy (non-hydrogen) atoms. The van der Waals surface area contributed by atoms with Gasteiger partial charge in [0.1, 0.15) is 6.07 Å². The van der Waals surface area contributed by atoms with Gasteiger partial charge >= 0.3 is 0 Å². The van der Waals surface area contributed by atoms with Crippen molar-refractivity contribution < 1.29 is 4.79 Å². The van der Waals surface area contributed by atoms with E-state index in [1.54, 1.807) is 6.20 Å². The summed E-state index contributed by atoms with van der Waals surface area (Å²) in [5.41, 5.74) is 0.972. The van der Waals surface area contributed by atoms with Gasteiger partial charge in [-0.1, -0.05) is 20.8 Å².